The van der Waals surface area contributed by atoms with Crippen molar-refractivity contribution in [1.82, 2.24) is 10.3 Å². The SMILES string of the molecule is CSC1CCCC1NC(=O)c1cc2ccccc2c(N)n1. The number of nitrogens with zero attached hydrogens (tertiary/aromatic N) is 1. The molecule has 1 aliphatic rings. The van der Waals surface area contributed by atoms with E-state index in [-0.39, 0.29) is 11.9 Å². The minimum Gasteiger partial charge on any atom is -0.383 e. The van der Waals surface area contributed by atoms with Gasteiger partial charge >= 0.3 is 0 Å². The average Bonchev–Trinajstić information content (AvgIpc) is 2.94. The third-order valence-electron chi connectivity index (χ3n) is 4.07. The third kappa shape index (κ3) is 2.83. The largest absolute Gasteiger partial charge is 0.383 e. The molecule has 1 heterocycles. The zero-order chi connectivity index (χ0) is 14.8. The highest BCUT2D eigenvalue weighted by molar-refractivity contribution is 7.99. The van der Waals surface area contributed by atoms with Crippen LogP contribution in [0, 0.1) is 0 Å². The van der Waals surface area contributed by atoms with E-state index in [0.29, 0.717) is 16.8 Å². The number of carbonyl (C=O) groups excluding carboxylic acids is 1. The summed E-state index contributed by atoms with van der Waals surface area (Å²) in [4.78, 5) is 16.7. The van der Waals surface area contributed by atoms with E-state index in [1.54, 1.807) is 0 Å². The molecular weight excluding hydrogens is 282 g/mol. The number of thioether (sulfide) groups is 1. The van der Waals surface area contributed by atoms with Gasteiger partial charge in [-0.1, -0.05) is 30.7 Å². The van der Waals surface area contributed by atoms with Gasteiger partial charge in [0.15, 0.2) is 0 Å². The van der Waals surface area contributed by atoms with Crippen LogP contribution in [0.2, 0.25) is 0 Å². The van der Waals surface area contributed by atoms with Crippen molar-refractivity contribution in [2.75, 3.05) is 12.0 Å². The lowest BCUT2D eigenvalue weighted by Crippen LogP contribution is -2.39. The van der Waals surface area contributed by atoms with Crippen LogP contribution in [0.15, 0.2) is 30.3 Å². The molecule has 0 radical (unpaired) electrons. The van der Waals surface area contributed by atoms with Crippen molar-refractivity contribution in [2.24, 2.45) is 0 Å². The maximum atomic E-state index is 12.4. The van der Waals surface area contributed by atoms with Crippen molar-refractivity contribution in [2.45, 2.75) is 30.6 Å². The summed E-state index contributed by atoms with van der Waals surface area (Å²) >= 11 is 1.82. The van der Waals surface area contributed by atoms with Gasteiger partial charge in [0, 0.05) is 16.7 Å². The molecule has 2 unspecified atom stereocenters. The van der Waals surface area contributed by atoms with E-state index < -0.39 is 0 Å². The number of amides is 1. The molecule has 2 atom stereocenters. The Kier molecular flexibility index (Phi) is 4.01. The summed E-state index contributed by atoms with van der Waals surface area (Å²) < 4.78 is 0. The number of hydrogen-bond donors (Lipinski definition) is 2. The number of benzene rings is 1. The zero-order valence-corrected chi connectivity index (χ0v) is 12.8. The van der Waals surface area contributed by atoms with Gasteiger partial charge in [-0.25, -0.2) is 4.98 Å². The summed E-state index contributed by atoms with van der Waals surface area (Å²) in [5.74, 6) is 0.282. The van der Waals surface area contributed by atoms with Crippen LogP contribution in [0.25, 0.3) is 10.8 Å². The first-order chi connectivity index (χ1) is 10.2. The van der Waals surface area contributed by atoms with E-state index in [4.69, 9.17) is 5.73 Å². The molecule has 21 heavy (non-hydrogen) atoms. The van der Waals surface area contributed by atoms with Gasteiger partial charge in [-0.2, -0.15) is 11.8 Å². The van der Waals surface area contributed by atoms with Crippen LogP contribution in [-0.4, -0.2) is 28.4 Å². The van der Waals surface area contributed by atoms with Crippen molar-refractivity contribution >= 4 is 34.3 Å². The van der Waals surface area contributed by atoms with Crippen molar-refractivity contribution < 1.29 is 4.79 Å². The molecule has 1 aliphatic carbocycles. The van der Waals surface area contributed by atoms with E-state index in [1.165, 1.54) is 12.8 Å². The molecule has 0 bridgehead atoms. The van der Waals surface area contributed by atoms with Gasteiger partial charge in [-0.15, -0.1) is 0 Å². The van der Waals surface area contributed by atoms with Gasteiger partial charge in [0.2, 0.25) is 0 Å². The quantitative estimate of drug-likeness (QED) is 0.914. The number of nitrogens with one attached hydrogen (secondary N) is 1. The van der Waals surface area contributed by atoms with Crippen LogP contribution in [0.1, 0.15) is 29.8 Å². The van der Waals surface area contributed by atoms with Crippen LogP contribution in [0.5, 0.6) is 0 Å². The number of carbonyl (C=O) groups is 1. The monoisotopic (exact) mass is 301 g/mol. The number of nitrogens with two attached hydrogens (primary N) is 1. The second-order valence-corrected chi connectivity index (χ2v) is 6.48. The van der Waals surface area contributed by atoms with Gasteiger partial charge in [-0.3, -0.25) is 4.79 Å². The molecule has 1 aromatic heterocycles. The highest BCUT2D eigenvalue weighted by atomic mass is 32.2. The molecule has 1 fully saturated rings. The number of aromatic nitrogens is 1. The number of nitrogen functional groups attached to an aromatic ring is 1. The van der Waals surface area contributed by atoms with Gasteiger partial charge < -0.3 is 11.1 Å². The number of rotatable bonds is 3. The predicted octanol–water partition coefficient (Wildman–Crippen LogP) is 2.83. The number of fused-ring (bicyclic) bond motifs is 1. The van der Waals surface area contributed by atoms with Crippen molar-refractivity contribution in [3.8, 4) is 0 Å². The summed E-state index contributed by atoms with van der Waals surface area (Å²) in [7, 11) is 0. The topological polar surface area (TPSA) is 68.0 Å². The Labute approximate surface area is 128 Å². The lowest BCUT2D eigenvalue weighted by molar-refractivity contribution is 0.0934. The van der Waals surface area contributed by atoms with E-state index in [9.17, 15) is 4.79 Å². The van der Waals surface area contributed by atoms with Gasteiger partial charge in [-0.05, 0) is 30.6 Å². The average molecular weight is 301 g/mol. The Morgan fingerprint density at radius 1 is 1.38 bits per heavy atom. The fraction of sp³-hybridized carbons (Fsp3) is 0.375. The molecule has 2 aromatic rings. The summed E-state index contributed by atoms with van der Waals surface area (Å²) in [6, 6.07) is 9.77. The molecule has 4 nitrogen and oxygen atoms in total. The molecular formula is C16H19N3OS. The van der Waals surface area contributed by atoms with E-state index in [0.717, 1.165) is 17.2 Å². The second kappa shape index (κ2) is 5.93. The van der Waals surface area contributed by atoms with E-state index in [2.05, 4.69) is 16.6 Å². The highest BCUT2D eigenvalue weighted by Gasteiger charge is 2.28. The molecule has 0 spiro atoms. The first-order valence-corrected chi connectivity index (χ1v) is 8.47. The molecule has 0 saturated heterocycles. The molecule has 1 aromatic carbocycles. The van der Waals surface area contributed by atoms with Crippen molar-refractivity contribution in [3.05, 3.63) is 36.0 Å². The Hall–Kier alpha value is -1.75. The van der Waals surface area contributed by atoms with Crippen LogP contribution < -0.4 is 11.1 Å². The molecule has 110 valence electrons. The smallest absolute Gasteiger partial charge is 0.270 e. The summed E-state index contributed by atoms with van der Waals surface area (Å²) in [6.07, 6.45) is 5.48. The number of anilines is 1. The molecule has 5 heteroatoms. The summed E-state index contributed by atoms with van der Waals surface area (Å²) in [6.45, 7) is 0. The first-order valence-electron chi connectivity index (χ1n) is 7.18. The standard InChI is InChI=1S/C16H19N3OS/c1-21-14-8-4-7-12(14)19-16(20)13-9-10-5-2-3-6-11(10)15(17)18-13/h2-3,5-6,9,12,14H,4,7-8H2,1H3,(H2,17,18)(H,19,20). The Balaban J connectivity index is 1.84. The van der Waals surface area contributed by atoms with Gasteiger partial charge in [0.05, 0.1) is 0 Å². The minimum atomic E-state index is -0.126. The van der Waals surface area contributed by atoms with Crippen LogP contribution in [-0.2, 0) is 0 Å². The summed E-state index contributed by atoms with van der Waals surface area (Å²) in [5.41, 5.74) is 6.36. The maximum Gasteiger partial charge on any atom is 0.270 e. The maximum absolute atomic E-state index is 12.4. The highest BCUT2D eigenvalue weighted by Crippen LogP contribution is 2.28. The Morgan fingerprint density at radius 2 is 2.19 bits per heavy atom. The number of hydrogen-bond acceptors (Lipinski definition) is 4. The normalized spacial score (nSPS) is 21.6. The Bertz CT molecular complexity index is 674. The lowest BCUT2D eigenvalue weighted by atomic mass is 10.1. The first kappa shape index (κ1) is 14.2. The third-order valence-corrected chi connectivity index (χ3v) is 5.24. The zero-order valence-electron chi connectivity index (χ0n) is 12.0. The molecule has 0 aliphatic heterocycles. The molecule has 1 amide bonds. The molecule has 3 N–H and O–H groups in total. The number of pyridine rings is 1. The van der Waals surface area contributed by atoms with Gasteiger partial charge in [0.25, 0.3) is 5.91 Å². The fourth-order valence-corrected chi connectivity index (χ4v) is 3.89. The van der Waals surface area contributed by atoms with Crippen molar-refractivity contribution in [1.29, 1.82) is 0 Å². The second-order valence-electron chi connectivity index (χ2n) is 5.40. The van der Waals surface area contributed by atoms with Crippen LogP contribution in [0.3, 0.4) is 0 Å². The lowest BCUT2D eigenvalue weighted by Gasteiger charge is -2.19. The predicted molar refractivity (Wildman–Crippen MR) is 88.6 cm³/mol. The van der Waals surface area contributed by atoms with E-state index >= 15 is 0 Å². The van der Waals surface area contributed by atoms with Gasteiger partial charge in [0.1, 0.15) is 11.5 Å². The minimum absolute atomic E-state index is 0.126. The van der Waals surface area contributed by atoms with Crippen molar-refractivity contribution in [3.63, 3.8) is 0 Å². The van der Waals surface area contributed by atoms with E-state index in [1.807, 2.05) is 42.1 Å². The van der Waals surface area contributed by atoms with Crippen LogP contribution >= 0.6 is 11.8 Å². The summed E-state index contributed by atoms with van der Waals surface area (Å²) in [5, 5.41) is 5.45. The fourth-order valence-electron chi connectivity index (χ4n) is 2.96. The molecule has 1 saturated carbocycles. The van der Waals surface area contributed by atoms with Crippen LogP contribution in [0.4, 0.5) is 5.82 Å². The Morgan fingerprint density at radius 3 is 3.00 bits per heavy atom. The molecule has 3 rings (SSSR count).